The van der Waals surface area contributed by atoms with Crippen LogP contribution in [0.2, 0.25) is 0 Å². The summed E-state index contributed by atoms with van der Waals surface area (Å²) in [5.74, 6) is 0.631. The standard InChI is InChI=1S/C30H34FN5O4S/c1-19(2)40-28(38)26-20(3)32-29-33-30(41-18-22-9-5-6-10-24(22)31)34-36(29)27(26)21-11-13-23(14-12-21)39-17-25(37)35-15-7-4-8-16-35/h5-6,9-14,19,27H,4,7-8,15-18H2,1-3H3,(H,32,33,34). The molecule has 1 N–H and O–H groups in total. The van der Waals surface area contributed by atoms with Crippen LogP contribution in [0.15, 0.2) is 65.0 Å². The summed E-state index contributed by atoms with van der Waals surface area (Å²) < 4.78 is 27.2. The first-order valence-electron chi connectivity index (χ1n) is 13.8. The summed E-state index contributed by atoms with van der Waals surface area (Å²) in [4.78, 5) is 32.3. The second-order valence-corrected chi connectivity index (χ2v) is 11.3. The molecule has 11 heteroatoms. The lowest BCUT2D eigenvalue weighted by molar-refractivity contribution is -0.143. The van der Waals surface area contributed by atoms with Crippen molar-refractivity contribution in [2.75, 3.05) is 25.0 Å². The Morgan fingerprint density at radius 3 is 2.54 bits per heavy atom. The number of nitrogens with zero attached hydrogens (tertiary/aromatic N) is 4. The third-order valence-electron chi connectivity index (χ3n) is 6.98. The van der Waals surface area contributed by atoms with Crippen LogP contribution in [-0.4, -0.2) is 57.3 Å². The minimum absolute atomic E-state index is 0.0166. The molecular formula is C30H34FN5O4S. The van der Waals surface area contributed by atoms with Crippen molar-refractivity contribution in [2.24, 2.45) is 0 Å². The number of likely N-dealkylation sites (tertiary alicyclic amines) is 1. The molecule has 1 amide bonds. The molecule has 2 aromatic carbocycles. The topological polar surface area (TPSA) is 98.6 Å². The van der Waals surface area contributed by atoms with Crippen molar-refractivity contribution >= 4 is 29.6 Å². The fraction of sp³-hybridized carbons (Fsp3) is 0.400. The molecule has 2 aliphatic heterocycles. The second kappa shape index (κ2) is 12.8. The Bertz CT molecular complexity index is 1430. The van der Waals surface area contributed by atoms with E-state index in [0.717, 1.165) is 37.9 Å². The molecule has 0 spiro atoms. The van der Waals surface area contributed by atoms with Crippen LogP contribution in [0.5, 0.6) is 5.75 Å². The number of piperidine rings is 1. The fourth-order valence-electron chi connectivity index (χ4n) is 4.93. The molecule has 1 atom stereocenters. The number of thioether (sulfide) groups is 1. The molecule has 1 aromatic heterocycles. The van der Waals surface area contributed by atoms with Crippen molar-refractivity contribution in [3.8, 4) is 5.75 Å². The van der Waals surface area contributed by atoms with Gasteiger partial charge in [-0.1, -0.05) is 42.1 Å². The first kappa shape index (κ1) is 28.7. The van der Waals surface area contributed by atoms with Gasteiger partial charge in [-0.15, -0.1) is 5.10 Å². The third-order valence-corrected chi connectivity index (χ3v) is 7.86. The number of ether oxygens (including phenoxy) is 2. The molecule has 0 bridgehead atoms. The molecule has 9 nitrogen and oxygen atoms in total. The normalized spacial score (nSPS) is 16.8. The Kier molecular flexibility index (Phi) is 8.92. The van der Waals surface area contributed by atoms with E-state index in [1.54, 1.807) is 55.8 Å². The molecule has 0 aliphatic carbocycles. The van der Waals surface area contributed by atoms with Gasteiger partial charge in [-0.3, -0.25) is 4.79 Å². The molecule has 3 heterocycles. The van der Waals surface area contributed by atoms with Crippen molar-refractivity contribution in [1.29, 1.82) is 0 Å². The predicted molar refractivity (Wildman–Crippen MR) is 154 cm³/mol. The van der Waals surface area contributed by atoms with Crippen molar-refractivity contribution < 1.29 is 23.5 Å². The lowest BCUT2D eigenvalue weighted by Crippen LogP contribution is -2.38. The quantitative estimate of drug-likeness (QED) is 0.268. The van der Waals surface area contributed by atoms with Gasteiger partial charge in [0.25, 0.3) is 5.91 Å². The Labute approximate surface area is 243 Å². The predicted octanol–water partition coefficient (Wildman–Crippen LogP) is 5.34. The number of halogens is 1. The monoisotopic (exact) mass is 579 g/mol. The molecule has 0 saturated carbocycles. The van der Waals surface area contributed by atoms with Gasteiger partial charge in [0, 0.05) is 24.5 Å². The number of hydrogen-bond acceptors (Lipinski definition) is 8. The molecule has 216 valence electrons. The molecule has 0 radical (unpaired) electrons. The fourth-order valence-corrected chi connectivity index (χ4v) is 5.74. The van der Waals surface area contributed by atoms with E-state index in [9.17, 15) is 14.0 Å². The number of hydrogen-bond donors (Lipinski definition) is 1. The van der Waals surface area contributed by atoms with Crippen LogP contribution in [0.4, 0.5) is 10.3 Å². The molecular weight excluding hydrogens is 545 g/mol. The van der Waals surface area contributed by atoms with Crippen molar-refractivity contribution in [3.05, 3.63) is 76.7 Å². The van der Waals surface area contributed by atoms with Gasteiger partial charge in [0.05, 0.1) is 11.7 Å². The molecule has 1 fully saturated rings. The molecule has 1 unspecified atom stereocenters. The van der Waals surface area contributed by atoms with Crippen LogP contribution in [0.3, 0.4) is 0 Å². The van der Waals surface area contributed by atoms with Crippen LogP contribution in [0.25, 0.3) is 0 Å². The van der Waals surface area contributed by atoms with E-state index in [4.69, 9.17) is 14.6 Å². The lowest BCUT2D eigenvalue weighted by atomic mass is 9.95. The summed E-state index contributed by atoms with van der Waals surface area (Å²) in [7, 11) is 0. The smallest absolute Gasteiger partial charge is 0.338 e. The number of fused-ring (bicyclic) bond motifs is 1. The molecule has 1 saturated heterocycles. The largest absolute Gasteiger partial charge is 0.484 e. The van der Waals surface area contributed by atoms with E-state index in [-0.39, 0.29) is 24.4 Å². The van der Waals surface area contributed by atoms with Crippen molar-refractivity contribution in [2.45, 2.75) is 63.1 Å². The van der Waals surface area contributed by atoms with Gasteiger partial charge < -0.3 is 19.7 Å². The summed E-state index contributed by atoms with van der Waals surface area (Å²) in [6.45, 7) is 6.94. The average molecular weight is 580 g/mol. The van der Waals surface area contributed by atoms with E-state index in [0.29, 0.717) is 39.4 Å². The molecule has 3 aromatic rings. The van der Waals surface area contributed by atoms with Crippen molar-refractivity contribution in [3.63, 3.8) is 0 Å². The summed E-state index contributed by atoms with van der Waals surface area (Å²) in [5.41, 5.74) is 2.35. The van der Waals surface area contributed by atoms with E-state index in [2.05, 4.69) is 10.3 Å². The Morgan fingerprint density at radius 1 is 1.10 bits per heavy atom. The number of carbonyl (C=O) groups is 2. The number of nitrogens with one attached hydrogen (secondary N) is 1. The Hall–Kier alpha value is -3.86. The minimum atomic E-state index is -0.614. The number of esters is 1. The highest BCUT2D eigenvalue weighted by Crippen LogP contribution is 2.37. The van der Waals surface area contributed by atoms with Crippen LogP contribution >= 0.6 is 11.8 Å². The molecule has 2 aliphatic rings. The van der Waals surface area contributed by atoms with E-state index >= 15 is 0 Å². The average Bonchev–Trinajstić information content (AvgIpc) is 3.37. The maximum absolute atomic E-state index is 14.2. The zero-order valence-corrected chi connectivity index (χ0v) is 24.2. The number of benzene rings is 2. The number of anilines is 1. The molecule has 5 rings (SSSR count). The van der Waals surface area contributed by atoms with Gasteiger partial charge in [-0.05, 0) is 69.4 Å². The maximum Gasteiger partial charge on any atom is 0.338 e. The summed E-state index contributed by atoms with van der Waals surface area (Å²) >= 11 is 1.31. The van der Waals surface area contributed by atoms with Gasteiger partial charge in [0.15, 0.2) is 6.61 Å². The summed E-state index contributed by atoms with van der Waals surface area (Å²) in [6, 6.07) is 13.3. The van der Waals surface area contributed by atoms with E-state index in [1.165, 1.54) is 17.8 Å². The minimum Gasteiger partial charge on any atom is -0.484 e. The van der Waals surface area contributed by atoms with E-state index in [1.807, 2.05) is 17.0 Å². The van der Waals surface area contributed by atoms with Crippen LogP contribution in [0, 0.1) is 5.82 Å². The number of allylic oxidation sites excluding steroid dienone is 1. The number of rotatable bonds is 9. The SMILES string of the molecule is CC1=C(C(=O)OC(C)C)C(c2ccc(OCC(=O)N3CCCCC3)cc2)n2nc(SCc3ccccc3F)nc2N1. The van der Waals surface area contributed by atoms with Crippen LogP contribution < -0.4 is 10.1 Å². The first-order chi connectivity index (χ1) is 19.8. The van der Waals surface area contributed by atoms with Gasteiger partial charge in [-0.25, -0.2) is 13.9 Å². The number of aromatic nitrogens is 3. The van der Waals surface area contributed by atoms with Crippen molar-refractivity contribution in [1.82, 2.24) is 19.7 Å². The number of carbonyl (C=O) groups excluding carboxylic acids is 2. The third kappa shape index (κ3) is 6.73. The highest BCUT2D eigenvalue weighted by molar-refractivity contribution is 7.98. The van der Waals surface area contributed by atoms with E-state index < -0.39 is 12.0 Å². The van der Waals surface area contributed by atoms with Gasteiger partial charge in [-0.2, -0.15) is 4.98 Å². The zero-order valence-electron chi connectivity index (χ0n) is 23.4. The lowest BCUT2D eigenvalue weighted by Gasteiger charge is -2.28. The highest BCUT2D eigenvalue weighted by atomic mass is 32.2. The Morgan fingerprint density at radius 2 is 1.83 bits per heavy atom. The summed E-state index contributed by atoms with van der Waals surface area (Å²) in [6.07, 6.45) is 2.90. The molecule has 41 heavy (non-hydrogen) atoms. The highest BCUT2D eigenvalue weighted by Gasteiger charge is 2.35. The van der Waals surface area contributed by atoms with Crippen LogP contribution in [0.1, 0.15) is 57.2 Å². The van der Waals surface area contributed by atoms with Gasteiger partial charge >= 0.3 is 5.97 Å². The van der Waals surface area contributed by atoms with Crippen LogP contribution in [-0.2, 0) is 20.1 Å². The first-order valence-corrected chi connectivity index (χ1v) is 14.8. The van der Waals surface area contributed by atoms with Gasteiger partial charge in [0.2, 0.25) is 11.1 Å². The summed E-state index contributed by atoms with van der Waals surface area (Å²) in [5, 5.41) is 8.32. The maximum atomic E-state index is 14.2. The zero-order chi connectivity index (χ0) is 28.9. The Balaban J connectivity index is 1.38. The van der Waals surface area contributed by atoms with Gasteiger partial charge in [0.1, 0.15) is 17.6 Å². The number of amides is 1. The second-order valence-electron chi connectivity index (χ2n) is 10.4.